The number of aryl methyl sites for hydroxylation is 1. The molecule has 1 heterocycles. The van der Waals surface area contributed by atoms with Crippen LogP contribution in [0.1, 0.15) is 24.7 Å². The Morgan fingerprint density at radius 2 is 2.19 bits per heavy atom. The van der Waals surface area contributed by atoms with Crippen molar-refractivity contribution in [3.8, 4) is 0 Å². The van der Waals surface area contributed by atoms with E-state index in [4.69, 9.17) is 4.42 Å². The molecule has 0 aliphatic carbocycles. The third kappa shape index (κ3) is 3.68. The number of halogens is 1. The van der Waals surface area contributed by atoms with Crippen LogP contribution in [0.3, 0.4) is 0 Å². The molecule has 112 valence electrons. The lowest BCUT2D eigenvalue weighted by Gasteiger charge is -2.12. The first-order valence-corrected chi connectivity index (χ1v) is 6.20. The Bertz CT molecular complexity index is 644. The van der Waals surface area contributed by atoms with Crippen LogP contribution in [-0.4, -0.2) is 23.4 Å². The number of benzene rings is 1. The highest BCUT2D eigenvalue weighted by Gasteiger charge is 2.14. The third-order valence-corrected chi connectivity index (χ3v) is 2.69. The van der Waals surface area contributed by atoms with Crippen molar-refractivity contribution in [2.75, 3.05) is 17.7 Å². The molecule has 0 radical (unpaired) electrons. The smallest absolute Gasteiger partial charge is 0.411 e. The highest BCUT2D eigenvalue weighted by Crippen LogP contribution is 2.23. The maximum atomic E-state index is 13.8. The van der Waals surface area contributed by atoms with Crippen molar-refractivity contribution < 1.29 is 18.3 Å². The van der Waals surface area contributed by atoms with Crippen LogP contribution < -0.4 is 10.6 Å². The van der Waals surface area contributed by atoms with Crippen LogP contribution in [0.4, 0.5) is 20.6 Å². The molecule has 21 heavy (non-hydrogen) atoms. The van der Waals surface area contributed by atoms with Gasteiger partial charge in [0.2, 0.25) is 11.8 Å². The number of aromatic nitrogens is 2. The molecule has 8 heteroatoms. The first-order valence-electron chi connectivity index (χ1n) is 6.20. The lowest BCUT2D eigenvalue weighted by atomic mass is 10.2. The van der Waals surface area contributed by atoms with Crippen molar-refractivity contribution in [1.82, 2.24) is 10.2 Å². The average molecular weight is 294 g/mol. The monoisotopic (exact) mass is 294 g/mol. The number of methoxy groups -OCH3 is 1. The fourth-order valence-electron chi connectivity index (χ4n) is 1.67. The third-order valence-electron chi connectivity index (χ3n) is 2.69. The second kappa shape index (κ2) is 6.21. The standard InChI is InChI=1S/C13H15FN4O3/c1-7(12-18-17-8(2)21-12)15-9-4-5-11(10(14)6-9)16-13(19)20-3/h4-7,15H,1-3H3,(H,16,19)/t7-/m1/s1. The van der Waals surface area contributed by atoms with Gasteiger partial charge in [-0.05, 0) is 25.1 Å². The second-order valence-corrected chi connectivity index (χ2v) is 4.34. The number of hydrogen-bond acceptors (Lipinski definition) is 6. The first-order chi connectivity index (χ1) is 9.99. The summed E-state index contributed by atoms with van der Waals surface area (Å²) in [5.41, 5.74) is 0.556. The summed E-state index contributed by atoms with van der Waals surface area (Å²) < 4.78 is 23.5. The quantitative estimate of drug-likeness (QED) is 0.901. The van der Waals surface area contributed by atoms with Crippen molar-refractivity contribution in [2.24, 2.45) is 0 Å². The highest BCUT2D eigenvalue weighted by atomic mass is 19.1. The maximum Gasteiger partial charge on any atom is 0.411 e. The van der Waals surface area contributed by atoms with Gasteiger partial charge in [-0.2, -0.15) is 0 Å². The fraction of sp³-hybridized carbons (Fsp3) is 0.308. The first kappa shape index (κ1) is 14.8. The van der Waals surface area contributed by atoms with Crippen molar-refractivity contribution in [1.29, 1.82) is 0 Å². The number of carbonyl (C=O) groups is 1. The molecule has 2 rings (SSSR count). The van der Waals surface area contributed by atoms with Gasteiger partial charge in [-0.3, -0.25) is 5.32 Å². The largest absolute Gasteiger partial charge is 0.453 e. The van der Waals surface area contributed by atoms with Crippen molar-refractivity contribution >= 4 is 17.5 Å². The van der Waals surface area contributed by atoms with Gasteiger partial charge in [-0.15, -0.1) is 10.2 Å². The molecule has 1 aromatic heterocycles. The number of anilines is 2. The van der Waals surface area contributed by atoms with Crippen LogP contribution in [0.15, 0.2) is 22.6 Å². The number of nitrogens with one attached hydrogen (secondary N) is 2. The minimum atomic E-state index is -0.732. The lowest BCUT2D eigenvalue weighted by Crippen LogP contribution is -2.12. The molecule has 0 spiro atoms. The van der Waals surface area contributed by atoms with Gasteiger partial charge < -0.3 is 14.5 Å². The fourth-order valence-corrected chi connectivity index (χ4v) is 1.67. The van der Waals surface area contributed by atoms with Crippen molar-refractivity contribution in [3.05, 3.63) is 35.8 Å². The molecule has 0 saturated heterocycles. The SMILES string of the molecule is COC(=O)Nc1ccc(N[C@H](C)c2nnc(C)o2)cc1F. The molecule has 1 amide bonds. The predicted molar refractivity (Wildman–Crippen MR) is 73.5 cm³/mol. The Kier molecular flexibility index (Phi) is 4.36. The molecule has 1 atom stereocenters. The van der Waals surface area contributed by atoms with Crippen molar-refractivity contribution in [2.45, 2.75) is 19.9 Å². The van der Waals surface area contributed by atoms with Gasteiger partial charge in [-0.25, -0.2) is 9.18 Å². The summed E-state index contributed by atoms with van der Waals surface area (Å²) in [7, 11) is 1.21. The summed E-state index contributed by atoms with van der Waals surface area (Å²) in [5.74, 6) is 0.284. The molecule has 0 bridgehead atoms. The number of ether oxygens (including phenoxy) is 1. The van der Waals surface area contributed by atoms with Gasteiger partial charge in [0.15, 0.2) is 0 Å². The molecule has 0 aliphatic heterocycles. The van der Waals surface area contributed by atoms with E-state index >= 15 is 0 Å². The van der Waals surface area contributed by atoms with E-state index in [0.717, 1.165) is 0 Å². The molecular formula is C13H15FN4O3. The molecule has 0 unspecified atom stereocenters. The van der Waals surface area contributed by atoms with Crippen LogP contribution in [0, 0.1) is 12.7 Å². The van der Waals surface area contributed by atoms with E-state index in [9.17, 15) is 9.18 Å². The number of carbonyl (C=O) groups excluding carboxylic acids is 1. The molecule has 0 aliphatic rings. The van der Waals surface area contributed by atoms with Gasteiger partial charge in [0.1, 0.15) is 11.9 Å². The van der Waals surface area contributed by atoms with E-state index in [1.165, 1.54) is 19.2 Å². The Morgan fingerprint density at radius 3 is 2.76 bits per heavy atom. The van der Waals surface area contributed by atoms with E-state index in [0.29, 0.717) is 17.5 Å². The summed E-state index contributed by atoms with van der Waals surface area (Å²) in [6.07, 6.45) is -0.732. The highest BCUT2D eigenvalue weighted by molar-refractivity contribution is 5.84. The lowest BCUT2D eigenvalue weighted by molar-refractivity contribution is 0.187. The number of nitrogens with zero attached hydrogens (tertiary/aromatic N) is 2. The van der Waals surface area contributed by atoms with Crippen molar-refractivity contribution in [3.63, 3.8) is 0 Å². The topological polar surface area (TPSA) is 89.3 Å². The summed E-state index contributed by atoms with van der Waals surface area (Å²) >= 11 is 0. The Morgan fingerprint density at radius 1 is 1.43 bits per heavy atom. The zero-order chi connectivity index (χ0) is 15.4. The molecule has 0 fully saturated rings. The second-order valence-electron chi connectivity index (χ2n) is 4.34. The minimum Gasteiger partial charge on any atom is -0.453 e. The number of amides is 1. The summed E-state index contributed by atoms with van der Waals surface area (Å²) in [6, 6.07) is 4.03. The molecule has 7 nitrogen and oxygen atoms in total. The molecule has 2 N–H and O–H groups in total. The summed E-state index contributed by atoms with van der Waals surface area (Å²) in [5, 5.41) is 12.9. The summed E-state index contributed by atoms with van der Waals surface area (Å²) in [4.78, 5) is 11.0. The van der Waals surface area contributed by atoms with Gasteiger partial charge in [-0.1, -0.05) is 0 Å². The summed E-state index contributed by atoms with van der Waals surface area (Å²) in [6.45, 7) is 3.50. The Labute approximate surface area is 120 Å². The van der Waals surface area contributed by atoms with E-state index in [1.807, 2.05) is 6.92 Å². The maximum absolute atomic E-state index is 13.8. The Hall–Kier alpha value is -2.64. The molecule has 1 aromatic carbocycles. The van der Waals surface area contributed by atoms with Gasteiger partial charge in [0.05, 0.1) is 12.8 Å². The van der Waals surface area contributed by atoms with Crippen LogP contribution >= 0.6 is 0 Å². The predicted octanol–water partition coefficient (Wildman–Crippen LogP) is 2.87. The van der Waals surface area contributed by atoms with Crippen LogP contribution in [-0.2, 0) is 4.74 Å². The van der Waals surface area contributed by atoms with Crippen LogP contribution in [0.25, 0.3) is 0 Å². The Balaban J connectivity index is 2.07. The molecule has 2 aromatic rings. The normalized spacial score (nSPS) is 11.8. The van der Waals surface area contributed by atoms with Gasteiger partial charge in [0.25, 0.3) is 0 Å². The van der Waals surface area contributed by atoms with E-state index < -0.39 is 11.9 Å². The van der Waals surface area contributed by atoms with Gasteiger partial charge in [0, 0.05) is 12.6 Å². The zero-order valence-electron chi connectivity index (χ0n) is 11.8. The average Bonchev–Trinajstić information content (AvgIpc) is 2.88. The van der Waals surface area contributed by atoms with E-state index in [2.05, 4.69) is 25.6 Å². The number of rotatable bonds is 4. The molecule has 0 saturated carbocycles. The van der Waals surface area contributed by atoms with E-state index in [-0.39, 0.29) is 11.7 Å². The zero-order valence-corrected chi connectivity index (χ0v) is 11.8. The molecular weight excluding hydrogens is 279 g/mol. The number of hydrogen-bond donors (Lipinski definition) is 2. The van der Waals surface area contributed by atoms with Gasteiger partial charge >= 0.3 is 6.09 Å². The minimum absolute atomic E-state index is 0.0358. The van der Waals surface area contributed by atoms with Crippen LogP contribution in [0.2, 0.25) is 0 Å². The van der Waals surface area contributed by atoms with Crippen LogP contribution in [0.5, 0.6) is 0 Å². The van der Waals surface area contributed by atoms with E-state index in [1.54, 1.807) is 13.0 Å².